The van der Waals surface area contributed by atoms with Crippen molar-refractivity contribution in [2.75, 3.05) is 5.75 Å². The first-order valence-corrected chi connectivity index (χ1v) is 10.3. The highest BCUT2D eigenvalue weighted by Gasteiger charge is 2.40. The van der Waals surface area contributed by atoms with Gasteiger partial charge in [-0.2, -0.15) is 13.2 Å². The van der Waals surface area contributed by atoms with Crippen molar-refractivity contribution in [3.63, 3.8) is 0 Å². The molecular formula is C20H17F6NO2S. The molecular weight excluding hydrogens is 432 g/mol. The minimum Gasteiger partial charge on any atom is -0.405 e. The lowest BCUT2D eigenvalue weighted by molar-refractivity contribution is -0.275. The lowest BCUT2D eigenvalue weighted by atomic mass is 9.79. The molecule has 0 aromatic heterocycles. The first kappa shape index (κ1) is 21.1. The number of ether oxygens (including phenoxy) is 1. The molecule has 30 heavy (non-hydrogen) atoms. The van der Waals surface area contributed by atoms with Crippen LogP contribution in [0.4, 0.5) is 26.3 Å². The van der Waals surface area contributed by atoms with E-state index >= 15 is 0 Å². The molecule has 4 rings (SSSR count). The van der Waals surface area contributed by atoms with Crippen molar-refractivity contribution in [2.24, 2.45) is 0 Å². The Bertz CT molecular complexity index is 948. The Balaban J connectivity index is 1.81. The van der Waals surface area contributed by atoms with E-state index in [1.54, 1.807) is 0 Å². The molecule has 1 unspecified atom stereocenters. The second-order valence-corrected chi connectivity index (χ2v) is 8.51. The van der Waals surface area contributed by atoms with Gasteiger partial charge in [-0.1, -0.05) is 12.1 Å². The van der Waals surface area contributed by atoms with Gasteiger partial charge in [-0.15, -0.1) is 24.9 Å². The first-order chi connectivity index (χ1) is 14.0. The molecule has 0 saturated heterocycles. The number of Topliss-reactive ketones (excluding diaryl/α,β-unsaturated/α-hetero) is 1. The van der Waals surface area contributed by atoms with Crippen LogP contribution in [0.2, 0.25) is 0 Å². The smallest absolute Gasteiger partial charge is 0.405 e. The van der Waals surface area contributed by atoms with Crippen LogP contribution in [0.1, 0.15) is 42.7 Å². The lowest BCUT2D eigenvalue weighted by Crippen LogP contribution is -2.30. The molecule has 0 bridgehead atoms. The fraction of sp³-hybridized carbons (Fsp3) is 0.450. The van der Waals surface area contributed by atoms with Gasteiger partial charge in [-0.25, -0.2) is 0 Å². The summed E-state index contributed by atoms with van der Waals surface area (Å²) < 4.78 is 81.1. The van der Waals surface area contributed by atoms with Crippen LogP contribution in [0.25, 0.3) is 0 Å². The number of dihydropyridines is 1. The third-order valence-corrected chi connectivity index (χ3v) is 6.46. The zero-order valence-corrected chi connectivity index (χ0v) is 16.4. The van der Waals surface area contributed by atoms with E-state index in [1.165, 1.54) is 17.8 Å². The molecule has 0 spiro atoms. The molecule has 1 aromatic rings. The number of alkyl halides is 6. The minimum absolute atomic E-state index is 0.0922. The molecule has 0 saturated carbocycles. The van der Waals surface area contributed by atoms with Gasteiger partial charge in [0.25, 0.3) is 0 Å². The molecule has 3 aliphatic rings. The number of rotatable bonds is 3. The van der Waals surface area contributed by atoms with Crippen molar-refractivity contribution < 1.29 is 35.9 Å². The predicted octanol–water partition coefficient (Wildman–Crippen LogP) is 5.73. The van der Waals surface area contributed by atoms with Gasteiger partial charge in [0, 0.05) is 45.5 Å². The molecule has 2 aliphatic heterocycles. The Morgan fingerprint density at radius 1 is 1.07 bits per heavy atom. The number of allylic oxidation sites excluding steroid dienone is 4. The molecule has 162 valence electrons. The Kier molecular flexibility index (Phi) is 5.32. The molecule has 1 N–H and O–H groups in total. The van der Waals surface area contributed by atoms with Gasteiger partial charge in [0.1, 0.15) is 5.75 Å². The summed E-state index contributed by atoms with van der Waals surface area (Å²) in [6.45, 7) is 0. The Labute approximate surface area is 172 Å². The number of ketones is 1. The summed E-state index contributed by atoms with van der Waals surface area (Å²) in [5.41, 5.74) is 1.91. The normalized spacial score (nSPS) is 22.1. The molecule has 10 heteroatoms. The Morgan fingerprint density at radius 3 is 2.53 bits per heavy atom. The summed E-state index contributed by atoms with van der Waals surface area (Å²) in [6.07, 6.45) is -8.96. The van der Waals surface area contributed by atoms with Crippen molar-refractivity contribution in [1.82, 2.24) is 5.32 Å². The number of benzene rings is 1. The number of hydrogen-bond donors (Lipinski definition) is 1. The Morgan fingerprint density at radius 2 is 1.83 bits per heavy atom. The van der Waals surface area contributed by atoms with Crippen LogP contribution >= 0.6 is 11.8 Å². The van der Waals surface area contributed by atoms with Gasteiger partial charge in [0.2, 0.25) is 0 Å². The largest absolute Gasteiger partial charge is 0.573 e. The second-order valence-electron chi connectivity index (χ2n) is 7.38. The predicted molar refractivity (Wildman–Crippen MR) is 98.7 cm³/mol. The summed E-state index contributed by atoms with van der Waals surface area (Å²) in [7, 11) is 0. The summed E-state index contributed by atoms with van der Waals surface area (Å²) >= 11 is 1.51. The van der Waals surface area contributed by atoms with Gasteiger partial charge >= 0.3 is 12.5 Å². The van der Waals surface area contributed by atoms with Crippen LogP contribution in [0.15, 0.2) is 40.1 Å². The average Bonchev–Trinajstić information content (AvgIpc) is 3.07. The highest BCUT2D eigenvalue weighted by atomic mass is 32.2. The molecule has 1 aromatic carbocycles. The fourth-order valence-electron chi connectivity index (χ4n) is 4.15. The van der Waals surface area contributed by atoms with E-state index in [-0.39, 0.29) is 5.78 Å². The topological polar surface area (TPSA) is 38.3 Å². The minimum atomic E-state index is -5.13. The molecule has 1 aliphatic carbocycles. The van der Waals surface area contributed by atoms with Gasteiger partial charge in [0.15, 0.2) is 5.78 Å². The maximum atomic E-state index is 12.9. The molecule has 0 radical (unpaired) electrons. The summed E-state index contributed by atoms with van der Waals surface area (Å²) in [5, 5.41) is 3.30. The van der Waals surface area contributed by atoms with Crippen molar-refractivity contribution in [3.8, 4) is 5.75 Å². The van der Waals surface area contributed by atoms with Crippen LogP contribution in [0.5, 0.6) is 5.75 Å². The number of carbonyl (C=O) groups excluding carboxylic acids is 1. The number of carbonyl (C=O) groups is 1. The summed E-state index contributed by atoms with van der Waals surface area (Å²) in [4.78, 5) is 13.5. The van der Waals surface area contributed by atoms with Crippen LogP contribution in [-0.4, -0.2) is 24.1 Å². The zero-order valence-electron chi connectivity index (χ0n) is 15.5. The number of thioether (sulfide) groups is 1. The summed E-state index contributed by atoms with van der Waals surface area (Å²) in [5.74, 6) is -0.801. The van der Waals surface area contributed by atoms with E-state index < -0.39 is 36.2 Å². The van der Waals surface area contributed by atoms with Crippen molar-refractivity contribution >= 4 is 17.5 Å². The second kappa shape index (κ2) is 7.55. The molecule has 0 amide bonds. The van der Waals surface area contributed by atoms with Crippen molar-refractivity contribution in [2.45, 2.75) is 50.6 Å². The Hall–Kier alpha value is -2.10. The third kappa shape index (κ3) is 4.33. The standard InChI is InChI=1S/C20H17F6NO2S/c21-19(22,23)9-11-5-4-10(8-15(11)29-20(24,25)26)16-17-12(2-1-3-14(17)28)27-13-6-7-30-18(13)16/h4-5,8,16,27H,1-3,6-7,9H2. The van der Waals surface area contributed by atoms with Gasteiger partial charge in [0.05, 0.1) is 6.42 Å². The SMILES string of the molecule is O=C1CCCC2=C1C(c1ccc(CC(F)(F)F)c(OC(F)(F)F)c1)C1=C(CCS1)N2. The molecule has 2 heterocycles. The first-order valence-electron chi connectivity index (χ1n) is 9.36. The van der Waals surface area contributed by atoms with Crippen LogP contribution in [0.3, 0.4) is 0 Å². The molecule has 0 fully saturated rings. The number of nitrogens with one attached hydrogen (secondary N) is 1. The monoisotopic (exact) mass is 449 g/mol. The number of hydrogen-bond acceptors (Lipinski definition) is 4. The zero-order chi connectivity index (χ0) is 21.7. The van der Waals surface area contributed by atoms with Crippen LogP contribution in [0, 0.1) is 0 Å². The van der Waals surface area contributed by atoms with Crippen molar-refractivity contribution in [3.05, 3.63) is 51.2 Å². The maximum Gasteiger partial charge on any atom is 0.573 e. The number of halogens is 6. The maximum absolute atomic E-state index is 12.9. The lowest BCUT2D eigenvalue weighted by Gasteiger charge is -2.33. The molecule has 3 nitrogen and oxygen atoms in total. The third-order valence-electron chi connectivity index (χ3n) is 5.26. The van der Waals surface area contributed by atoms with Gasteiger partial charge < -0.3 is 10.1 Å². The van der Waals surface area contributed by atoms with Crippen LogP contribution < -0.4 is 10.1 Å². The quantitative estimate of drug-likeness (QED) is 0.598. The highest BCUT2D eigenvalue weighted by molar-refractivity contribution is 8.03. The van der Waals surface area contributed by atoms with Gasteiger partial charge in [-0.3, -0.25) is 4.79 Å². The van der Waals surface area contributed by atoms with E-state index in [0.717, 1.165) is 40.6 Å². The fourth-order valence-corrected chi connectivity index (χ4v) is 5.42. The highest BCUT2D eigenvalue weighted by Crippen LogP contribution is 2.50. The van der Waals surface area contributed by atoms with Gasteiger partial charge in [-0.05, 0) is 30.9 Å². The van der Waals surface area contributed by atoms with E-state index in [9.17, 15) is 31.1 Å². The summed E-state index contributed by atoms with van der Waals surface area (Å²) in [6, 6.07) is 3.39. The average molecular weight is 449 g/mol. The van der Waals surface area contributed by atoms with E-state index in [4.69, 9.17) is 0 Å². The van der Waals surface area contributed by atoms with E-state index in [1.807, 2.05) is 0 Å². The molecule has 1 atom stereocenters. The van der Waals surface area contributed by atoms with Crippen molar-refractivity contribution in [1.29, 1.82) is 0 Å². The van der Waals surface area contributed by atoms with E-state index in [2.05, 4.69) is 10.1 Å². The van der Waals surface area contributed by atoms with E-state index in [0.29, 0.717) is 30.4 Å². The van der Waals surface area contributed by atoms with Crippen LogP contribution in [-0.2, 0) is 11.2 Å².